The minimum Gasteiger partial charge on any atom is -0.356 e. The van der Waals surface area contributed by atoms with Gasteiger partial charge in [0.15, 0.2) is 0 Å². The number of hydrogen-bond donors (Lipinski definition) is 2. The first-order valence-corrected chi connectivity index (χ1v) is 10.2. The van der Waals surface area contributed by atoms with Gasteiger partial charge in [0, 0.05) is 13.0 Å². The predicted molar refractivity (Wildman–Crippen MR) is 115 cm³/mol. The highest BCUT2D eigenvalue weighted by Gasteiger charge is 2.23. The van der Waals surface area contributed by atoms with Gasteiger partial charge in [0.2, 0.25) is 5.91 Å². The third kappa shape index (κ3) is 9.77. The quantitative estimate of drug-likeness (QED) is 0.641. The first-order chi connectivity index (χ1) is 11.5. The van der Waals surface area contributed by atoms with Crippen molar-refractivity contribution in [3.8, 4) is 0 Å². The molecule has 2 unspecified atom stereocenters. The monoisotopic (exact) mass is 409 g/mol. The van der Waals surface area contributed by atoms with Crippen molar-refractivity contribution in [3.05, 3.63) is 0 Å². The SMILES string of the molecule is CC(C)CCN1CCC(CNC(=O)CC(C)C2CCCNC2)CC1.Cl.Cl. The molecule has 0 radical (unpaired) electrons. The van der Waals surface area contributed by atoms with Crippen LogP contribution in [0.2, 0.25) is 0 Å². The molecular weight excluding hydrogens is 369 g/mol. The van der Waals surface area contributed by atoms with Crippen LogP contribution >= 0.6 is 24.8 Å². The Bertz CT molecular complexity index is 368. The number of nitrogens with one attached hydrogen (secondary N) is 2. The fraction of sp³-hybridized carbons (Fsp3) is 0.950. The Morgan fingerprint density at radius 2 is 1.85 bits per heavy atom. The highest BCUT2D eigenvalue weighted by Crippen LogP contribution is 2.22. The lowest BCUT2D eigenvalue weighted by molar-refractivity contribution is -0.122. The largest absolute Gasteiger partial charge is 0.356 e. The van der Waals surface area contributed by atoms with Gasteiger partial charge in [-0.25, -0.2) is 0 Å². The molecule has 0 saturated carbocycles. The minimum absolute atomic E-state index is 0. The van der Waals surface area contributed by atoms with E-state index in [1.54, 1.807) is 0 Å². The molecule has 6 heteroatoms. The summed E-state index contributed by atoms with van der Waals surface area (Å²) in [4.78, 5) is 14.8. The number of carbonyl (C=O) groups is 1. The summed E-state index contributed by atoms with van der Waals surface area (Å²) in [6, 6.07) is 0. The zero-order valence-electron chi connectivity index (χ0n) is 17.0. The second-order valence-electron chi connectivity index (χ2n) is 8.56. The Hall–Kier alpha value is -0.0300. The van der Waals surface area contributed by atoms with Gasteiger partial charge in [-0.05, 0) is 88.5 Å². The highest BCUT2D eigenvalue weighted by molar-refractivity contribution is 5.85. The lowest BCUT2D eigenvalue weighted by atomic mass is 9.85. The van der Waals surface area contributed by atoms with Crippen LogP contribution in [0.1, 0.15) is 59.3 Å². The van der Waals surface area contributed by atoms with E-state index in [0.29, 0.717) is 24.2 Å². The topological polar surface area (TPSA) is 44.4 Å². The number of hydrogen-bond acceptors (Lipinski definition) is 3. The summed E-state index contributed by atoms with van der Waals surface area (Å²) in [5, 5.41) is 6.67. The first kappa shape index (κ1) is 26.0. The van der Waals surface area contributed by atoms with E-state index >= 15 is 0 Å². The maximum absolute atomic E-state index is 12.2. The molecule has 1 amide bonds. The molecule has 0 aliphatic carbocycles. The van der Waals surface area contributed by atoms with Gasteiger partial charge in [0.25, 0.3) is 0 Å². The van der Waals surface area contributed by atoms with E-state index in [0.717, 1.165) is 25.6 Å². The van der Waals surface area contributed by atoms with Crippen LogP contribution in [-0.2, 0) is 4.79 Å². The second-order valence-corrected chi connectivity index (χ2v) is 8.56. The maximum Gasteiger partial charge on any atom is 0.220 e. The molecule has 26 heavy (non-hydrogen) atoms. The molecule has 0 aromatic heterocycles. The number of amides is 1. The molecule has 4 nitrogen and oxygen atoms in total. The molecule has 2 aliphatic rings. The molecule has 2 atom stereocenters. The normalized spacial score (nSPS) is 23.0. The predicted octanol–water partition coefficient (Wildman–Crippen LogP) is 3.73. The number of halogens is 2. The van der Waals surface area contributed by atoms with E-state index in [1.807, 2.05) is 0 Å². The number of piperidine rings is 2. The Kier molecular flexibility index (Phi) is 14.0. The number of nitrogens with zero attached hydrogens (tertiary/aromatic N) is 1. The molecule has 2 N–H and O–H groups in total. The van der Waals surface area contributed by atoms with Crippen LogP contribution in [0.5, 0.6) is 0 Å². The van der Waals surface area contributed by atoms with Gasteiger partial charge in [-0.2, -0.15) is 0 Å². The van der Waals surface area contributed by atoms with E-state index in [-0.39, 0.29) is 30.7 Å². The van der Waals surface area contributed by atoms with Crippen LogP contribution in [0.15, 0.2) is 0 Å². The summed E-state index contributed by atoms with van der Waals surface area (Å²) >= 11 is 0. The molecule has 0 bridgehead atoms. The third-order valence-corrected chi connectivity index (χ3v) is 5.96. The summed E-state index contributed by atoms with van der Waals surface area (Å²) in [6.07, 6.45) is 7.00. The molecule has 2 fully saturated rings. The van der Waals surface area contributed by atoms with E-state index < -0.39 is 0 Å². The number of carbonyl (C=O) groups excluding carboxylic acids is 1. The number of rotatable bonds is 8. The van der Waals surface area contributed by atoms with Crippen LogP contribution in [0, 0.1) is 23.7 Å². The second kappa shape index (κ2) is 14.0. The first-order valence-electron chi connectivity index (χ1n) is 10.2. The maximum atomic E-state index is 12.2. The standard InChI is InChI=1S/C20H39N3O.2ClH/c1-16(2)6-10-23-11-7-18(8-12-23)14-22-20(24)13-17(3)19-5-4-9-21-15-19;;/h16-19,21H,4-15H2,1-3H3,(H,22,24);2*1H. The molecule has 0 spiro atoms. The van der Waals surface area contributed by atoms with Crippen molar-refractivity contribution in [2.75, 3.05) is 39.3 Å². The van der Waals surface area contributed by atoms with Gasteiger partial charge in [0.05, 0.1) is 0 Å². The Balaban J connectivity index is 0.00000312. The molecule has 0 aromatic carbocycles. The average Bonchev–Trinajstić information content (AvgIpc) is 2.59. The van der Waals surface area contributed by atoms with Crippen molar-refractivity contribution in [3.63, 3.8) is 0 Å². The smallest absolute Gasteiger partial charge is 0.220 e. The lowest BCUT2D eigenvalue weighted by Gasteiger charge is -2.32. The van der Waals surface area contributed by atoms with Crippen molar-refractivity contribution in [1.82, 2.24) is 15.5 Å². The van der Waals surface area contributed by atoms with E-state index in [2.05, 4.69) is 36.3 Å². The van der Waals surface area contributed by atoms with E-state index in [9.17, 15) is 4.79 Å². The van der Waals surface area contributed by atoms with E-state index in [1.165, 1.54) is 51.7 Å². The van der Waals surface area contributed by atoms with Gasteiger partial charge in [-0.3, -0.25) is 4.79 Å². The molecule has 2 saturated heterocycles. The fourth-order valence-electron chi connectivity index (χ4n) is 4.01. The fourth-order valence-corrected chi connectivity index (χ4v) is 4.01. The van der Waals surface area contributed by atoms with Crippen molar-refractivity contribution in [2.45, 2.75) is 59.3 Å². The van der Waals surface area contributed by atoms with Gasteiger partial charge in [0.1, 0.15) is 0 Å². The van der Waals surface area contributed by atoms with Crippen molar-refractivity contribution >= 4 is 30.7 Å². The van der Waals surface area contributed by atoms with Crippen LogP contribution < -0.4 is 10.6 Å². The lowest BCUT2D eigenvalue weighted by Crippen LogP contribution is -2.40. The van der Waals surface area contributed by atoms with Crippen LogP contribution in [-0.4, -0.2) is 50.1 Å². The molecule has 2 rings (SSSR count). The number of likely N-dealkylation sites (tertiary alicyclic amines) is 1. The summed E-state index contributed by atoms with van der Waals surface area (Å²) in [5.74, 6) is 2.90. The van der Waals surface area contributed by atoms with Crippen molar-refractivity contribution in [1.29, 1.82) is 0 Å². The zero-order chi connectivity index (χ0) is 17.4. The summed E-state index contributed by atoms with van der Waals surface area (Å²) in [6.45, 7) is 13.6. The Morgan fingerprint density at radius 1 is 1.15 bits per heavy atom. The van der Waals surface area contributed by atoms with E-state index in [4.69, 9.17) is 0 Å². The molecule has 0 aromatic rings. The minimum atomic E-state index is 0. The molecular formula is C20H41Cl2N3O. The average molecular weight is 410 g/mol. The van der Waals surface area contributed by atoms with Gasteiger partial charge in [-0.15, -0.1) is 24.8 Å². The van der Waals surface area contributed by atoms with Gasteiger partial charge < -0.3 is 15.5 Å². The molecule has 156 valence electrons. The van der Waals surface area contributed by atoms with Gasteiger partial charge >= 0.3 is 0 Å². The van der Waals surface area contributed by atoms with Crippen LogP contribution in [0.3, 0.4) is 0 Å². The molecule has 2 aliphatic heterocycles. The summed E-state index contributed by atoms with van der Waals surface area (Å²) < 4.78 is 0. The summed E-state index contributed by atoms with van der Waals surface area (Å²) in [7, 11) is 0. The van der Waals surface area contributed by atoms with Gasteiger partial charge in [-0.1, -0.05) is 20.8 Å². The highest BCUT2D eigenvalue weighted by atomic mass is 35.5. The summed E-state index contributed by atoms with van der Waals surface area (Å²) in [5.41, 5.74) is 0. The van der Waals surface area contributed by atoms with Crippen molar-refractivity contribution < 1.29 is 4.79 Å². The Labute approximate surface area is 173 Å². The van der Waals surface area contributed by atoms with Crippen LogP contribution in [0.25, 0.3) is 0 Å². The van der Waals surface area contributed by atoms with Crippen LogP contribution in [0.4, 0.5) is 0 Å². The van der Waals surface area contributed by atoms with Crippen molar-refractivity contribution in [2.24, 2.45) is 23.7 Å². The third-order valence-electron chi connectivity index (χ3n) is 5.96. The Morgan fingerprint density at radius 3 is 2.42 bits per heavy atom. The molecule has 2 heterocycles. The zero-order valence-corrected chi connectivity index (χ0v) is 18.6.